The minimum Gasteiger partial charge on any atom is -0.382 e. The van der Waals surface area contributed by atoms with Crippen molar-refractivity contribution in [1.82, 2.24) is 15.5 Å². The first-order valence-corrected chi connectivity index (χ1v) is 10.7. The fraction of sp³-hybridized carbons (Fsp3) is 0.500. The second-order valence-electron chi connectivity index (χ2n) is 8.21. The topological polar surface area (TPSA) is 70.2 Å². The van der Waals surface area contributed by atoms with Crippen LogP contribution in [-0.2, 0) is 6.18 Å². The van der Waals surface area contributed by atoms with Crippen LogP contribution in [0.4, 0.5) is 24.7 Å². The molecule has 0 unspecified atom stereocenters. The number of nitrogens with one attached hydrogen (secondary N) is 2. The Morgan fingerprint density at radius 2 is 1.77 bits per heavy atom. The molecule has 6 nitrogen and oxygen atoms in total. The van der Waals surface area contributed by atoms with Gasteiger partial charge in [0.25, 0.3) is 5.91 Å². The van der Waals surface area contributed by atoms with E-state index in [2.05, 4.69) is 20.8 Å². The van der Waals surface area contributed by atoms with Crippen LogP contribution in [0.1, 0.15) is 48.2 Å². The van der Waals surface area contributed by atoms with Gasteiger partial charge in [-0.1, -0.05) is 25.0 Å². The summed E-state index contributed by atoms with van der Waals surface area (Å²) in [7, 11) is 0. The molecular formula is C22H26F3N5O. The third kappa shape index (κ3) is 5.65. The molecule has 0 bridgehead atoms. The Bertz CT molecular complexity index is 891. The lowest BCUT2D eigenvalue weighted by atomic mass is 10.0. The quantitative estimate of drug-likeness (QED) is 0.688. The predicted molar refractivity (Wildman–Crippen MR) is 112 cm³/mol. The Balaban J connectivity index is 1.28. The Kier molecular flexibility index (Phi) is 6.29. The maximum atomic E-state index is 13.2. The van der Waals surface area contributed by atoms with Gasteiger partial charge in [-0.3, -0.25) is 4.79 Å². The van der Waals surface area contributed by atoms with Crippen LogP contribution in [-0.4, -0.2) is 41.8 Å². The number of piperidine rings is 1. The van der Waals surface area contributed by atoms with Gasteiger partial charge < -0.3 is 15.5 Å². The molecule has 1 amide bonds. The predicted octanol–water partition coefficient (Wildman–Crippen LogP) is 4.11. The monoisotopic (exact) mass is 433 g/mol. The molecule has 1 aromatic carbocycles. The van der Waals surface area contributed by atoms with Crippen LogP contribution in [0.25, 0.3) is 0 Å². The summed E-state index contributed by atoms with van der Waals surface area (Å²) in [6.45, 7) is 1.95. The molecule has 1 aromatic heterocycles. The zero-order valence-corrected chi connectivity index (χ0v) is 17.2. The van der Waals surface area contributed by atoms with Crippen molar-refractivity contribution in [2.75, 3.05) is 29.9 Å². The highest BCUT2D eigenvalue weighted by molar-refractivity contribution is 5.92. The van der Waals surface area contributed by atoms with Crippen LogP contribution in [0.2, 0.25) is 0 Å². The molecule has 9 heteroatoms. The second kappa shape index (κ2) is 9.11. The number of amides is 1. The first kappa shape index (κ1) is 21.4. The molecular weight excluding hydrogens is 407 g/mol. The molecule has 31 heavy (non-hydrogen) atoms. The molecule has 4 rings (SSSR count). The maximum Gasteiger partial charge on any atom is 0.418 e. The van der Waals surface area contributed by atoms with Crippen LogP contribution in [0, 0.1) is 5.92 Å². The van der Waals surface area contributed by atoms with Gasteiger partial charge in [0.1, 0.15) is 0 Å². The standard InChI is InChI=1S/C22H26F3N5O/c23-22(24,25)17-3-1-2-4-18(17)27-16-10-13-30(14-11-16)20-8-7-19(28-29-20)21(31)26-12-9-15-5-6-15/h1-4,7-8,15-16,27H,5-6,9-14H2,(H,26,31). The lowest BCUT2D eigenvalue weighted by molar-refractivity contribution is -0.137. The highest BCUT2D eigenvalue weighted by Gasteiger charge is 2.34. The zero-order valence-electron chi connectivity index (χ0n) is 17.2. The minimum absolute atomic E-state index is 0.0516. The number of anilines is 2. The molecule has 0 atom stereocenters. The van der Waals surface area contributed by atoms with Gasteiger partial charge in [-0.05, 0) is 49.4 Å². The summed E-state index contributed by atoms with van der Waals surface area (Å²) in [4.78, 5) is 14.2. The zero-order chi connectivity index (χ0) is 21.8. The SMILES string of the molecule is O=C(NCCC1CC1)c1ccc(N2CCC(Nc3ccccc3C(F)(F)F)CC2)nn1. The van der Waals surface area contributed by atoms with E-state index in [1.807, 2.05) is 4.90 Å². The number of hydrogen-bond donors (Lipinski definition) is 2. The van der Waals surface area contributed by atoms with Crippen molar-refractivity contribution in [2.45, 2.75) is 44.3 Å². The molecule has 2 fully saturated rings. The van der Waals surface area contributed by atoms with Gasteiger partial charge in [-0.2, -0.15) is 13.2 Å². The molecule has 1 aliphatic heterocycles. The van der Waals surface area contributed by atoms with Crippen LogP contribution >= 0.6 is 0 Å². The first-order valence-electron chi connectivity index (χ1n) is 10.7. The van der Waals surface area contributed by atoms with Crippen molar-refractivity contribution in [3.63, 3.8) is 0 Å². The van der Waals surface area contributed by atoms with Crippen LogP contribution < -0.4 is 15.5 Å². The van der Waals surface area contributed by atoms with E-state index in [1.54, 1.807) is 18.2 Å². The molecule has 166 valence electrons. The van der Waals surface area contributed by atoms with Gasteiger partial charge in [0.2, 0.25) is 0 Å². The number of carbonyl (C=O) groups is 1. The number of carbonyl (C=O) groups excluding carboxylic acids is 1. The maximum absolute atomic E-state index is 13.2. The molecule has 2 aliphatic rings. The summed E-state index contributed by atoms with van der Waals surface area (Å²) < 4.78 is 39.6. The highest BCUT2D eigenvalue weighted by atomic mass is 19.4. The Labute approximate surface area is 179 Å². The van der Waals surface area contributed by atoms with Crippen molar-refractivity contribution in [1.29, 1.82) is 0 Å². The Morgan fingerprint density at radius 3 is 2.42 bits per heavy atom. The molecule has 0 spiro atoms. The minimum atomic E-state index is -4.38. The smallest absolute Gasteiger partial charge is 0.382 e. The highest BCUT2D eigenvalue weighted by Crippen LogP contribution is 2.35. The number of hydrogen-bond acceptors (Lipinski definition) is 5. The molecule has 2 aromatic rings. The van der Waals surface area contributed by atoms with E-state index in [9.17, 15) is 18.0 Å². The molecule has 1 saturated heterocycles. The van der Waals surface area contributed by atoms with E-state index in [-0.39, 0.29) is 17.6 Å². The van der Waals surface area contributed by atoms with E-state index < -0.39 is 11.7 Å². The fourth-order valence-corrected chi connectivity index (χ4v) is 3.83. The van der Waals surface area contributed by atoms with Gasteiger partial charge in [0, 0.05) is 31.4 Å². The van der Waals surface area contributed by atoms with Crippen LogP contribution in [0.15, 0.2) is 36.4 Å². The van der Waals surface area contributed by atoms with Crippen molar-refractivity contribution < 1.29 is 18.0 Å². The number of alkyl halides is 3. The Hall–Kier alpha value is -2.84. The number of benzene rings is 1. The molecule has 1 aliphatic carbocycles. The van der Waals surface area contributed by atoms with E-state index in [0.29, 0.717) is 44.0 Å². The third-order valence-corrected chi connectivity index (χ3v) is 5.83. The molecule has 2 heterocycles. The number of para-hydroxylation sites is 1. The molecule has 0 radical (unpaired) electrons. The summed E-state index contributed by atoms with van der Waals surface area (Å²) >= 11 is 0. The van der Waals surface area contributed by atoms with E-state index in [4.69, 9.17) is 0 Å². The number of nitrogens with zero attached hydrogens (tertiary/aromatic N) is 3. The van der Waals surface area contributed by atoms with Crippen LogP contribution in [0.5, 0.6) is 0 Å². The largest absolute Gasteiger partial charge is 0.418 e. The molecule has 2 N–H and O–H groups in total. The summed E-state index contributed by atoms with van der Waals surface area (Å²) in [5.74, 6) is 1.21. The fourth-order valence-electron chi connectivity index (χ4n) is 3.83. The van der Waals surface area contributed by atoms with Crippen molar-refractivity contribution in [2.24, 2.45) is 5.92 Å². The molecule has 1 saturated carbocycles. The lowest BCUT2D eigenvalue weighted by Gasteiger charge is -2.33. The van der Waals surface area contributed by atoms with E-state index in [1.165, 1.54) is 25.0 Å². The van der Waals surface area contributed by atoms with Crippen molar-refractivity contribution >= 4 is 17.4 Å². The number of rotatable bonds is 7. The van der Waals surface area contributed by atoms with Crippen LogP contribution in [0.3, 0.4) is 0 Å². The third-order valence-electron chi connectivity index (χ3n) is 5.83. The lowest BCUT2D eigenvalue weighted by Crippen LogP contribution is -2.40. The van der Waals surface area contributed by atoms with Gasteiger partial charge in [-0.15, -0.1) is 10.2 Å². The van der Waals surface area contributed by atoms with Gasteiger partial charge in [0.15, 0.2) is 11.5 Å². The van der Waals surface area contributed by atoms with E-state index in [0.717, 1.165) is 18.4 Å². The summed E-state index contributed by atoms with van der Waals surface area (Å²) in [5, 5.41) is 14.1. The van der Waals surface area contributed by atoms with E-state index >= 15 is 0 Å². The van der Waals surface area contributed by atoms with Crippen molar-refractivity contribution in [3.05, 3.63) is 47.7 Å². The first-order chi connectivity index (χ1) is 14.9. The summed E-state index contributed by atoms with van der Waals surface area (Å²) in [6, 6.07) is 8.95. The number of aromatic nitrogens is 2. The average Bonchev–Trinajstić information content (AvgIpc) is 3.58. The van der Waals surface area contributed by atoms with Gasteiger partial charge >= 0.3 is 6.18 Å². The number of halogens is 3. The normalized spacial score (nSPS) is 17.5. The Morgan fingerprint density at radius 1 is 1.03 bits per heavy atom. The average molecular weight is 433 g/mol. The summed E-state index contributed by atoms with van der Waals surface area (Å²) in [6.07, 6.45) is 0.491. The second-order valence-corrected chi connectivity index (χ2v) is 8.21. The van der Waals surface area contributed by atoms with Gasteiger partial charge in [0.05, 0.1) is 5.56 Å². The summed E-state index contributed by atoms with van der Waals surface area (Å²) in [5.41, 5.74) is -0.237. The van der Waals surface area contributed by atoms with Crippen molar-refractivity contribution in [3.8, 4) is 0 Å². The van der Waals surface area contributed by atoms with Gasteiger partial charge in [-0.25, -0.2) is 0 Å².